The van der Waals surface area contributed by atoms with Crippen LogP contribution in [0.2, 0.25) is 0 Å². The van der Waals surface area contributed by atoms with Gasteiger partial charge < -0.3 is 5.11 Å². The third-order valence-electron chi connectivity index (χ3n) is 2.50. The van der Waals surface area contributed by atoms with E-state index in [9.17, 15) is 8.42 Å². The van der Waals surface area contributed by atoms with Crippen molar-refractivity contribution in [2.75, 3.05) is 13.2 Å². The van der Waals surface area contributed by atoms with E-state index in [0.717, 1.165) is 6.42 Å². The monoisotopic (exact) mass is 223 g/mol. The molecule has 0 aromatic rings. The first-order valence-electron chi connectivity index (χ1n) is 4.84. The lowest BCUT2D eigenvalue weighted by Crippen LogP contribution is -2.39. The van der Waals surface area contributed by atoms with Crippen molar-refractivity contribution in [2.45, 2.75) is 39.4 Å². The minimum Gasteiger partial charge on any atom is -0.395 e. The average Bonchev–Trinajstić information content (AvgIpc) is 2.14. The highest BCUT2D eigenvalue weighted by atomic mass is 32.2. The Balaban J connectivity index is 4.27. The van der Waals surface area contributed by atoms with E-state index in [0.29, 0.717) is 6.54 Å². The van der Waals surface area contributed by atoms with Crippen LogP contribution in [0, 0.1) is 5.41 Å². The van der Waals surface area contributed by atoms with E-state index in [1.54, 1.807) is 0 Å². The zero-order chi connectivity index (χ0) is 11.4. The predicted molar refractivity (Wildman–Crippen MR) is 57.5 cm³/mol. The van der Waals surface area contributed by atoms with E-state index in [-0.39, 0.29) is 12.0 Å². The molecule has 0 aliphatic carbocycles. The summed E-state index contributed by atoms with van der Waals surface area (Å²) in [5, 5.41) is 8.00. The minimum atomic E-state index is -3.35. The highest BCUT2D eigenvalue weighted by molar-refractivity contribution is 7.90. The standard InChI is InChI=1S/C9H21NO3S/c1-5-9(3,4)7-10-14(12,13)8(2)6-11/h8,10-11H,5-7H2,1-4H3. The Bertz CT molecular complexity index is 259. The van der Waals surface area contributed by atoms with Crippen LogP contribution in [0.25, 0.3) is 0 Å². The Kier molecular flexibility index (Phi) is 5.05. The SMILES string of the molecule is CCC(C)(C)CNS(=O)(=O)C(C)CO. The third kappa shape index (κ3) is 4.39. The molecular formula is C9H21NO3S. The van der Waals surface area contributed by atoms with Gasteiger partial charge in [0.15, 0.2) is 0 Å². The maximum Gasteiger partial charge on any atom is 0.216 e. The van der Waals surface area contributed by atoms with E-state index < -0.39 is 15.3 Å². The summed E-state index contributed by atoms with van der Waals surface area (Å²) in [5.41, 5.74) is -0.0394. The van der Waals surface area contributed by atoms with Crippen molar-refractivity contribution in [3.63, 3.8) is 0 Å². The van der Waals surface area contributed by atoms with Crippen molar-refractivity contribution < 1.29 is 13.5 Å². The molecule has 14 heavy (non-hydrogen) atoms. The zero-order valence-electron chi connectivity index (χ0n) is 9.37. The number of hydrogen-bond donors (Lipinski definition) is 2. The molecule has 0 aromatic heterocycles. The lowest BCUT2D eigenvalue weighted by molar-refractivity contribution is 0.293. The van der Waals surface area contributed by atoms with Crippen molar-refractivity contribution >= 4 is 10.0 Å². The third-order valence-corrected chi connectivity index (χ3v) is 4.25. The van der Waals surface area contributed by atoms with Gasteiger partial charge in [-0.25, -0.2) is 13.1 Å². The molecular weight excluding hydrogens is 202 g/mol. The minimum absolute atomic E-state index is 0.0394. The topological polar surface area (TPSA) is 66.4 Å². The molecule has 5 heteroatoms. The fourth-order valence-electron chi connectivity index (χ4n) is 0.661. The van der Waals surface area contributed by atoms with Gasteiger partial charge in [0.05, 0.1) is 11.9 Å². The highest BCUT2D eigenvalue weighted by Gasteiger charge is 2.23. The summed E-state index contributed by atoms with van der Waals surface area (Å²) < 4.78 is 25.4. The molecule has 0 aromatic carbocycles. The average molecular weight is 223 g/mol. The molecule has 1 atom stereocenters. The smallest absolute Gasteiger partial charge is 0.216 e. The van der Waals surface area contributed by atoms with E-state index in [4.69, 9.17) is 5.11 Å². The molecule has 0 spiro atoms. The molecule has 0 rings (SSSR count). The quantitative estimate of drug-likeness (QED) is 0.697. The van der Waals surface area contributed by atoms with Crippen LogP contribution in [-0.4, -0.2) is 31.9 Å². The first kappa shape index (κ1) is 13.9. The largest absolute Gasteiger partial charge is 0.395 e. The molecule has 0 saturated carbocycles. The molecule has 0 radical (unpaired) electrons. The van der Waals surface area contributed by atoms with Crippen LogP contribution in [0.5, 0.6) is 0 Å². The number of aliphatic hydroxyl groups is 1. The second kappa shape index (κ2) is 5.09. The molecule has 2 N–H and O–H groups in total. The van der Waals surface area contributed by atoms with Gasteiger partial charge in [0, 0.05) is 6.54 Å². The maximum atomic E-state index is 11.5. The normalized spacial score (nSPS) is 15.5. The predicted octanol–water partition coefficient (Wildman–Crippen LogP) is 0.723. The molecule has 86 valence electrons. The van der Waals surface area contributed by atoms with E-state index in [1.807, 2.05) is 20.8 Å². The number of rotatable bonds is 6. The summed E-state index contributed by atoms with van der Waals surface area (Å²) in [6, 6.07) is 0. The molecule has 0 amide bonds. The lowest BCUT2D eigenvalue weighted by atomic mass is 9.91. The summed E-state index contributed by atoms with van der Waals surface area (Å²) >= 11 is 0. The van der Waals surface area contributed by atoms with Crippen LogP contribution in [-0.2, 0) is 10.0 Å². The van der Waals surface area contributed by atoms with Gasteiger partial charge in [-0.1, -0.05) is 20.8 Å². The number of aliphatic hydroxyl groups excluding tert-OH is 1. The van der Waals surface area contributed by atoms with Gasteiger partial charge in [-0.3, -0.25) is 0 Å². The summed E-state index contributed by atoms with van der Waals surface area (Å²) in [6.45, 7) is 7.57. The highest BCUT2D eigenvalue weighted by Crippen LogP contribution is 2.18. The van der Waals surface area contributed by atoms with Crippen molar-refractivity contribution in [3.8, 4) is 0 Å². The van der Waals surface area contributed by atoms with Gasteiger partial charge in [-0.2, -0.15) is 0 Å². The second-order valence-electron chi connectivity index (χ2n) is 4.38. The molecule has 0 aliphatic heterocycles. The molecule has 4 nitrogen and oxygen atoms in total. The summed E-state index contributed by atoms with van der Waals surface area (Å²) in [6.07, 6.45) is 0.906. The van der Waals surface area contributed by atoms with Crippen LogP contribution in [0.4, 0.5) is 0 Å². The Morgan fingerprint density at radius 2 is 1.93 bits per heavy atom. The Hall–Kier alpha value is -0.130. The van der Waals surface area contributed by atoms with Gasteiger partial charge in [-0.05, 0) is 18.8 Å². The van der Waals surface area contributed by atoms with Crippen molar-refractivity contribution in [1.29, 1.82) is 0 Å². The molecule has 0 fully saturated rings. The molecule has 0 saturated heterocycles. The van der Waals surface area contributed by atoms with Gasteiger partial charge in [0.1, 0.15) is 0 Å². The second-order valence-corrected chi connectivity index (χ2v) is 6.56. The van der Waals surface area contributed by atoms with Gasteiger partial charge >= 0.3 is 0 Å². The van der Waals surface area contributed by atoms with Gasteiger partial charge in [0.2, 0.25) is 10.0 Å². The van der Waals surface area contributed by atoms with E-state index in [2.05, 4.69) is 4.72 Å². The van der Waals surface area contributed by atoms with Crippen LogP contribution in [0.15, 0.2) is 0 Å². The first-order valence-corrected chi connectivity index (χ1v) is 6.39. The summed E-state index contributed by atoms with van der Waals surface area (Å²) in [5.74, 6) is 0. The van der Waals surface area contributed by atoms with Gasteiger partial charge in [-0.15, -0.1) is 0 Å². The number of nitrogens with one attached hydrogen (secondary N) is 1. The fraction of sp³-hybridized carbons (Fsp3) is 1.00. The van der Waals surface area contributed by atoms with E-state index >= 15 is 0 Å². The van der Waals surface area contributed by atoms with Crippen LogP contribution in [0.1, 0.15) is 34.1 Å². The fourth-order valence-corrected chi connectivity index (χ4v) is 1.73. The van der Waals surface area contributed by atoms with Crippen LogP contribution >= 0.6 is 0 Å². The summed E-state index contributed by atoms with van der Waals surface area (Å²) in [7, 11) is -3.35. The molecule has 1 unspecified atom stereocenters. The molecule has 0 bridgehead atoms. The van der Waals surface area contributed by atoms with Crippen molar-refractivity contribution in [3.05, 3.63) is 0 Å². The molecule has 0 aliphatic rings. The maximum absolute atomic E-state index is 11.5. The van der Waals surface area contributed by atoms with Gasteiger partial charge in [0.25, 0.3) is 0 Å². The Morgan fingerprint density at radius 1 is 1.43 bits per heavy atom. The van der Waals surface area contributed by atoms with Crippen LogP contribution < -0.4 is 4.72 Å². The van der Waals surface area contributed by atoms with Crippen molar-refractivity contribution in [2.24, 2.45) is 5.41 Å². The zero-order valence-corrected chi connectivity index (χ0v) is 10.2. The Morgan fingerprint density at radius 3 is 2.29 bits per heavy atom. The number of sulfonamides is 1. The summed E-state index contributed by atoms with van der Waals surface area (Å²) in [4.78, 5) is 0. The lowest BCUT2D eigenvalue weighted by Gasteiger charge is -2.23. The van der Waals surface area contributed by atoms with Crippen LogP contribution in [0.3, 0.4) is 0 Å². The van der Waals surface area contributed by atoms with E-state index in [1.165, 1.54) is 6.92 Å². The Labute approximate surface area is 86.8 Å². The first-order chi connectivity index (χ1) is 6.25. The van der Waals surface area contributed by atoms with Crippen molar-refractivity contribution in [1.82, 2.24) is 4.72 Å². The molecule has 0 heterocycles. The number of hydrogen-bond acceptors (Lipinski definition) is 3.